The summed E-state index contributed by atoms with van der Waals surface area (Å²) in [4.78, 5) is 23.5. The normalized spacial score (nSPS) is 10.2. The molecule has 0 heterocycles. The lowest BCUT2D eigenvalue weighted by molar-refractivity contribution is 0.0698. The quantitative estimate of drug-likeness (QED) is 0.580. The fourth-order valence-electron chi connectivity index (χ4n) is 1.83. The van der Waals surface area contributed by atoms with Crippen molar-refractivity contribution in [3.8, 4) is 0 Å². The maximum atomic E-state index is 12.2. The number of carboxylic acid groups (broad SMARTS) is 1. The summed E-state index contributed by atoms with van der Waals surface area (Å²) in [5.74, 6) is -1.82. The largest absolute Gasteiger partial charge is 0.478 e. The highest BCUT2D eigenvalue weighted by molar-refractivity contribution is 7.80. The van der Waals surface area contributed by atoms with E-state index < -0.39 is 11.9 Å². The molecular weight excluding hydrogens is 430 g/mol. The van der Waals surface area contributed by atoms with Crippen molar-refractivity contribution in [3.63, 3.8) is 0 Å². The third kappa shape index (κ3) is 4.96. The van der Waals surface area contributed by atoms with E-state index in [0.717, 1.165) is 0 Å². The van der Waals surface area contributed by atoms with Crippen LogP contribution in [-0.4, -0.2) is 22.1 Å². The number of anilines is 1. The number of thiocarbonyl (C=S) groups is 1. The van der Waals surface area contributed by atoms with Gasteiger partial charge in [-0.15, -0.1) is 0 Å². The van der Waals surface area contributed by atoms with Crippen molar-refractivity contribution in [2.75, 3.05) is 5.32 Å². The summed E-state index contributed by atoms with van der Waals surface area (Å²) in [7, 11) is 0. The Balaban J connectivity index is 2.19. The number of hydrogen-bond donors (Lipinski definition) is 3. The maximum Gasteiger partial charge on any atom is 0.337 e. The second kappa shape index (κ2) is 8.21. The Morgan fingerprint density at radius 2 is 1.64 bits per heavy atom. The van der Waals surface area contributed by atoms with Crippen molar-refractivity contribution in [1.29, 1.82) is 0 Å². The summed E-state index contributed by atoms with van der Waals surface area (Å²) in [6.45, 7) is 0. The molecule has 0 unspecified atom stereocenters. The molecule has 130 valence electrons. The number of rotatable bonds is 3. The van der Waals surface area contributed by atoms with Gasteiger partial charge in [0.05, 0.1) is 26.3 Å². The zero-order valence-corrected chi connectivity index (χ0v) is 15.9. The van der Waals surface area contributed by atoms with Crippen molar-refractivity contribution >= 4 is 81.3 Å². The molecule has 0 atom stereocenters. The van der Waals surface area contributed by atoms with Gasteiger partial charge in [0.25, 0.3) is 5.91 Å². The van der Waals surface area contributed by atoms with Crippen LogP contribution < -0.4 is 10.6 Å². The van der Waals surface area contributed by atoms with E-state index in [4.69, 9.17) is 58.6 Å². The number of carbonyl (C=O) groups excluding carboxylic acids is 1. The molecule has 0 bridgehead atoms. The molecule has 0 saturated heterocycles. The van der Waals surface area contributed by atoms with Gasteiger partial charge in [0.1, 0.15) is 0 Å². The minimum absolute atomic E-state index is 0.0120. The topological polar surface area (TPSA) is 78.4 Å². The predicted molar refractivity (Wildman–Crippen MR) is 104 cm³/mol. The van der Waals surface area contributed by atoms with E-state index >= 15 is 0 Å². The number of benzene rings is 2. The fourth-order valence-corrected chi connectivity index (χ4v) is 2.86. The summed E-state index contributed by atoms with van der Waals surface area (Å²) in [5.41, 5.74) is 0.0425. The van der Waals surface area contributed by atoms with Crippen molar-refractivity contribution < 1.29 is 14.7 Å². The molecule has 2 aromatic rings. The number of hydrogen-bond acceptors (Lipinski definition) is 3. The Morgan fingerprint density at radius 3 is 2.24 bits per heavy atom. The van der Waals surface area contributed by atoms with Gasteiger partial charge in [0, 0.05) is 10.6 Å². The van der Waals surface area contributed by atoms with Crippen LogP contribution in [0, 0.1) is 0 Å². The first kappa shape index (κ1) is 19.8. The number of halogens is 4. The molecule has 5 nitrogen and oxygen atoms in total. The number of carbonyl (C=O) groups is 2. The van der Waals surface area contributed by atoms with Gasteiger partial charge in [-0.25, -0.2) is 4.79 Å². The number of carboxylic acids is 1. The van der Waals surface area contributed by atoms with Crippen LogP contribution in [0.2, 0.25) is 20.1 Å². The molecule has 10 heteroatoms. The van der Waals surface area contributed by atoms with Gasteiger partial charge in [-0.2, -0.15) is 0 Å². The SMILES string of the molecule is O=C(NC(=S)Nc1c(Cl)cc(Cl)cc1C(=O)O)c1ccc(Cl)c(Cl)c1. The van der Waals surface area contributed by atoms with Gasteiger partial charge in [-0.3, -0.25) is 10.1 Å². The van der Waals surface area contributed by atoms with E-state index in [1.807, 2.05) is 0 Å². The van der Waals surface area contributed by atoms with Crippen molar-refractivity contribution in [2.24, 2.45) is 0 Å². The second-order valence-corrected chi connectivity index (χ2v) is 6.72. The van der Waals surface area contributed by atoms with Crippen LogP contribution in [0.4, 0.5) is 5.69 Å². The van der Waals surface area contributed by atoms with E-state index in [-0.39, 0.29) is 37.0 Å². The van der Waals surface area contributed by atoms with Gasteiger partial charge in [-0.05, 0) is 42.5 Å². The summed E-state index contributed by atoms with van der Waals surface area (Å²) in [6.07, 6.45) is 0. The molecule has 2 aromatic carbocycles. The first-order chi connectivity index (χ1) is 11.7. The number of nitrogens with one attached hydrogen (secondary N) is 2. The average Bonchev–Trinajstić information content (AvgIpc) is 2.52. The van der Waals surface area contributed by atoms with Crippen LogP contribution in [0.25, 0.3) is 0 Å². The molecule has 0 aromatic heterocycles. The Bertz CT molecular complexity index is 889. The van der Waals surface area contributed by atoms with Crippen LogP contribution in [0.3, 0.4) is 0 Å². The summed E-state index contributed by atoms with van der Waals surface area (Å²) >= 11 is 28.5. The highest BCUT2D eigenvalue weighted by Crippen LogP contribution is 2.30. The zero-order valence-electron chi connectivity index (χ0n) is 12.1. The standard InChI is InChI=1S/C15H8Cl4N2O3S/c16-7-4-8(14(23)24)12(11(19)5-7)20-15(25)21-13(22)6-1-2-9(17)10(18)3-6/h1-5H,(H,23,24)(H2,20,21,22,25). The van der Waals surface area contributed by atoms with E-state index in [0.29, 0.717) is 5.02 Å². The molecule has 25 heavy (non-hydrogen) atoms. The molecule has 0 saturated carbocycles. The maximum absolute atomic E-state index is 12.2. The smallest absolute Gasteiger partial charge is 0.337 e. The minimum Gasteiger partial charge on any atom is -0.478 e. The van der Waals surface area contributed by atoms with E-state index in [9.17, 15) is 14.7 Å². The monoisotopic (exact) mass is 436 g/mol. The Morgan fingerprint density at radius 1 is 0.960 bits per heavy atom. The van der Waals surface area contributed by atoms with E-state index in [1.54, 1.807) is 0 Å². The van der Waals surface area contributed by atoms with Crippen LogP contribution in [-0.2, 0) is 0 Å². The molecule has 0 fully saturated rings. The van der Waals surface area contributed by atoms with Crippen molar-refractivity contribution in [3.05, 3.63) is 61.5 Å². The summed E-state index contributed by atoms with van der Waals surface area (Å²) < 4.78 is 0. The minimum atomic E-state index is -1.26. The molecule has 0 spiro atoms. The molecule has 3 N–H and O–H groups in total. The van der Waals surface area contributed by atoms with Crippen molar-refractivity contribution in [2.45, 2.75) is 0 Å². The third-order valence-electron chi connectivity index (χ3n) is 2.93. The Labute approximate surface area is 167 Å². The van der Waals surface area contributed by atoms with Gasteiger partial charge >= 0.3 is 5.97 Å². The molecular formula is C15H8Cl4N2O3S. The lowest BCUT2D eigenvalue weighted by Gasteiger charge is -2.14. The molecule has 0 aliphatic carbocycles. The molecule has 0 radical (unpaired) electrons. The zero-order chi connectivity index (χ0) is 18.7. The van der Waals surface area contributed by atoms with Crippen LogP contribution in [0.15, 0.2) is 30.3 Å². The first-order valence-corrected chi connectivity index (χ1v) is 8.40. The lowest BCUT2D eigenvalue weighted by Crippen LogP contribution is -2.34. The van der Waals surface area contributed by atoms with Gasteiger partial charge in [-0.1, -0.05) is 46.4 Å². The Kier molecular flexibility index (Phi) is 6.48. The van der Waals surface area contributed by atoms with Gasteiger partial charge in [0.15, 0.2) is 5.11 Å². The highest BCUT2D eigenvalue weighted by Gasteiger charge is 2.17. The highest BCUT2D eigenvalue weighted by atomic mass is 35.5. The molecule has 0 aliphatic heterocycles. The predicted octanol–water partition coefficient (Wildman–Crippen LogP) is 5.13. The molecule has 0 aliphatic rings. The molecule has 2 rings (SSSR count). The average molecular weight is 438 g/mol. The van der Waals surface area contributed by atoms with Crippen LogP contribution >= 0.6 is 58.6 Å². The van der Waals surface area contributed by atoms with Crippen molar-refractivity contribution in [1.82, 2.24) is 5.32 Å². The van der Waals surface area contributed by atoms with Gasteiger partial charge in [0.2, 0.25) is 0 Å². The number of amides is 1. The number of aromatic carboxylic acids is 1. The van der Waals surface area contributed by atoms with Gasteiger partial charge < -0.3 is 10.4 Å². The van der Waals surface area contributed by atoms with Crippen LogP contribution in [0.1, 0.15) is 20.7 Å². The lowest BCUT2D eigenvalue weighted by atomic mass is 10.2. The summed E-state index contributed by atoms with van der Waals surface area (Å²) in [6, 6.07) is 6.86. The van der Waals surface area contributed by atoms with E-state index in [2.05, 4.69) is 10.6 Å². The fraction of sp³-hybridized carbons (Fsp3) is 0. The second-order valence-electron chi connectivity index (χ2n) is 4.65. The third-order valence-corrected chi connectivity index (χ3v) is 4.39. The van der Waals surface area contributed by atoms with Crippen LogP contribution in [0.5, 0.6) is 0 Å². The van der Waals surface area contributed by atoms with E-state index in [1.165, 1.54) is 30.3 Å². The summed E-state index contributed by atoms with van der Waals surface area (Å²) in [5, 5.41) is 14.8. The molecule has 1 amide bonds. The Hall–Kier alpha value is -1.57. The first-order valence-electron chi connectivity index (χ1n) is 6.48.